The lowest BCUT2D eigenvalue weighted by molar-refractivity contribution is 0.0992. The highest BCUT2D eigenvalue weighted by atomic mass is 19.1. The highest BCUT2D eigenvalue weighted by molar-refractivity contribution is 6.06. The van der Waals surface area contributed by atoms with Gasteiger partial charge in [0.1, 0.15) is 5.82 Å². The largest absolute Gasteiger partial charge is 0.330 e. The van der Waals surface area contributed by atoms with Gasteiger partial charge in [-0.15, -0.1) is 0 Å². The van der Waals surface area contributed by atoms with Gasteiger partial charge in [0.2, 0.25) is 0 Å². The highest BCUT2D eigenvalue weighted by Crippen LogP contribution is 2.18. The van der Waals surface area contributed by atoms with Crippen LogP contribution in [0.2, 0.25) is 0 Å². The van der Waals surface area contributed by atoms with Crippen LogP contribution >= 0.6 is 0 Å². The predicted octanol–water partition coefficient (Wildman–Crippen LogP) is 2.60. The van der Waals surface area contributed by atoms with Crippen molar-refractivity contribution in [3.63, 3.8) is 0 Å². The molecule has 0 fully saturated rings. The Kier molecular flexibility index (Phi) is 4.48. The Balaban J connectivity index is 2.31. The topological polar surface area (TPSA) is 46.3 Å². The quantitative estimate of drug-likeness (QED) is 0.930. The summed E-state index contributed by atoms with van der Waals surface area (Å²) in [6.07, 6.45) is 0.638. The molecule has 0 saturated heterocycles. The molecule has 0 aliphatic carbocycles. The Morgan fingerprint density at radius 2 is 1.95 bits per heavy atom. The van der Waals surface area contributed by atoms with Crippen molar-refractivity contribution in [1.29, 1.82) is 0 Å². The summed E-state index contributed by atoms with van der Waals surface area (Å²) in [6, 6.07) is 13.3. The van der Waals surface area contributed by atoms with Crippen LogP contribution in [0.1, 0.15) is 15.9 Å². The average molecular weight is 272 g/mol. The van der Waals surface area contributed by atoms with Gasteiger partial charge in [-0.25, -0.2) is 4.39 Å². The third kappa shape index (κ3) is 3.03. The summed E-state index contributed by atoms with van der Waals surface area (Å²) < 4.78 is 13.2. The van der Waals surface area contributed by atoms with Crippen molar-refractivity contribution in [2.75, 3.05) is 18.5 Å². The summed E-state index contributed by atoms with van der Waals surface area (Å²) in [5.41, 5.74) is 7.60. The number of anilines is 1. The highest BCUT2D eigenvalue weighted by Gasteiger charge is 2.16. The second kappa shape index (κ2) is 6.30. The average Bonchev–Trinajstić information content (AvgIpc) is 2.47. The first-order chi connectivity index (χ1) is 9.63. The monoisotopic (exact) mass is 272 g/mol. The van der Waals surface area contributed by atoms with Gasteiger partial charge < -0.3 is 10.6 Å². The summed E-state index contributed by atoms with van der Waals surface area (Å²) in [7, 11) is 1.64. The first-order valence-corrected chi connectivity index (χ1v) is 6.45. The summed E-state index contributed by atoms with van der Waals surface area (Å²) in [4.78, 5) is 14.0. The van der Waals surface area contributed by atoms with Gasteiger partial charge in [0.05, 0.1) is 0 Å². The fourth-order valence-corrected chi connectivity index (χ4v) is 2.09. The normalized spacial score (nSPS) is 10.3. The molecule has 0 radical (unpaired) electrons. The molecule has 0 aliphatic rings. The molecule has 0 spiro atoms. The lowest BCUT2D eigenvalue weighted by Crippen LogP contribution is -2.27. The Morgan fingerprint density at radius 3 is 2.65 bits per heavy atom. The number of amides is 1. The number of nitrogens with zero attached hydrogens (tertiary/aromatic N) is 1. The van der Waals surface area contributed by atoms with E-state index < -0.39 is 0 Å². The maximum absolute atomic E-state index is 13.2. The number of carbonyl (C=O) groups is 1. The standard InChI is InChI=1S/C16H17FN2O/c1-19(14-7-4-6-13(17)11-14)16(20)15-8-3-2-5-12(15)9-10-18/h2-8,11H,9-10,18H2,1H3. The first-order valence-electron chi connectivity index (χ1n) is 6.45. The maximum Gasteiger partial charge on any atom is 0.258 e. The number of hydrogen-bond acceptors (Lipinski definition) is 2. The van der Waals surface area contributed by atoms with E-state index in [2.05, 4.69) is 0 Å². The molecule has 2 N–H and O–H groups in total. The van der Waals surface area contributed by atoms with Crippen molar-refractivity contribution in [3.8, 4) is 0 Å². The maximum atomic E-state index is 13.2. The SMILES string of the molecule is CN(C(=O)c1ccccc1CCN)c1cccc(F)c1. The van der Waals surface area contributed by atoms with E-state index in [1.165, 1.54) is 17.0 Å². The molecular weight excluding hydrogens is 255 g/mol. The molecule has 0 atom stereocenters. The third-order valence-electron chi connectivity index (χ3n) is 3.16. The molecule has 0 unspecified atom stereocenters. The minimum atomic E-state index is -0.364. The van der Waals surface area contributed by atoms with Crippen LogP contribution in [-0.2, 0) is 6.42 Å². The lowest BCUT2D eigenvalue weighted by Gasteiger charge is -2.19. The van der Waals surface area contributed by atoms with Crippen molar-refractivity contribution >= 4 is 11.6 Å². The van der Waals surface area contributed by atoms with E-state index in [-0.39, 0.29) is 11.7 Å². The van der Waals surface area contributed by atoms with Crippen molar-refractivity contribution in [2.45, 2.75) is 6.42 Å². The fraction of sp³-hybridized carbons (Fsp3) is 0.188. The van der Waals surface area contributed by atoms with Gasteiger partial charge >= 0.3 is 0 Å². The Bertz CT molecular complexity index is 613. The summed E-state index contributed by atoms with van der Waals surface area (Å²) >= 11 is 0. The lowest BCUT2D eigenvalue weighted by atomic mass is 10.0. The van der Waals surface area contributed by atoms with Crippen LogP contribution in [0.5, 0.6) is 0 Å². The fourth-order valence-electron chi connectivity index (χ4n) is 2.09. The molecule has 4 heteroatoms. The zero-order valence-corrected chi connectivity index (χ0v) is 11.3. The number of hydrogen-bond donors (Lipinski definition) is 1. The van der Waals surface area contributed by atoms with Crippen LogP contribution in [0.15, 0.2) is 48.5 Å². The van der Waals surface area contributed by atoms with Gasteiger partial charge in [0.15, 0.2) is 0 Å². The molecule has 20 heavy (non-hydrogen) atoms. The van der Waals surface area contributed by atoms with Crippen molar-refractivity contribution < 1.29 is 9.18 Å². The van der Waals surface area contributed by atoms with Gasteiger partial charge in [-0.05, 0) is 42.8 Å². The van der Waals surface area contributed by atoms with Crippen molar-refractivity contribution in [1.82, 2.24) is 0 Å². The van der Waals surface area contributed by atoms with Crippen LogP contribution in [0.4, 0.5) is 10.1 Å². The minimum Gasteiger partial charge on any atom is -0.330 e. The molecule has 104 valence electrons. The molecule has 0 saturated carbocycles. The molecule has 3 nitrogen and oxygen atoms in total. The van der Waals surface area contributed by atoms with E-state index in [4.69, 9.17) is 5.73 Å². The van der Waals surface area contributed by atoms with E-state index in [1.54, 1.807) is 25.2 Å². The summed E-state index contributed by atoms with van der Waals surface area (Å²) in [6.45, 7) is 0.480. The number of rotatable bonds is 4. The van der Waals surface area contributed by atoms with E-state index in [0.29, 0.717) is 24.2 Å². The zero-order valence-electron chi connectivity index (χ0n) is 11.3. The Labute approximate surface area is 117 Å². The van der Waals surface area contributed by atoms with E-state index in [9.17, 15) is 9.18 Å². The molecule has 2 aromatic rings. The second-order valence-corrected chi connectivity index (χ2v) is 4.54. The van der Waals surface area contributed by atoms with Crippen molar-refractivity contribution in [2.24, 2.45) is 5.73 Å². The van der Waals surface area contributed by atoms with Crippen LogP contribution in [-0.4, -0.2) is 19.5 Å². The summed E-state index contributed by atoms with van der Waals surface area (Å²) in [5.74, 6) is -0.531. The Hall–Kier alpha value is -2.20. The first kappa shape index (κ1) is 14.2. The Morgan fingerprint density at radius 1 is 1.20 bits per heavy atom. The summed E-state index contributed by atoms with van der Waals surface area (Å²) in [5, 5.41) is 0. The number of carbonyl (C=O) groups excluding carboxylic acids is 1. The minimum absolute atomic E-state index is 0.167. The van der Waals surface area contributed by atoms with Gasteiger partial charge in [0, 0.05) is 18.3 Å². The van der Waals surface area contributed by atoms with E-state index in [1.807, 2.05) is 18.2 Å². The van der Waals surface area contributed by atoms with Gasteiger partial charge in [-0.1, -0.05) is 24.3 Å². The molecule has 0 bridgehead atoms. The number of benzene rings is 2. The van der Waals surface area contributed by atoms with Gasteiger partial charge in [-0.2, -0.15) is 0 Å². The van der Waals surface area contributed by atoms with E-state index in [0.717, 1.165) is 5.56 Å². The van der Waals surface area contributed by atoms with Crippen LogP contribution in [0.3, 0.4) is 0 Å². The van der Waals surface area contributed by atoms with E-state index >= 15 is 0 Å². The van der Waals surface area contributed by atoms with Crippen LogP contribution in [0.25, 0.3) is 0 Å². The molecule has 2 rings (SSSR count). The van der Waals surface area contributed by atoms with Gasteiger partial charge in [0.25, 0.3) is 5.91 Å². The number of nitrogens with two attached hydrogens (primary N) is 1. The van der Waals surface area contributed by atoms with Crippen LogP contribution < -0.4 is 10.6 Å². The molecule has 0 aliphatic heterocycles. The van der Waals surface area contributed by atoms with Crippen LogP contribution in [0, 0.1) is 5.82 Å². The second-order valence-electron chi connectivity index (χ2n) is 4.54. The molecule has 0 heterocycles. The third-order valence-corrected chi connectivity index (χ3v) is 3.16. The van der Waals surface area contributed by atoms with Gasteiger partial charge in [-0.3, -0.25) is 4.79 Å². The molecular formula is C16H17FN2O. The van der Waals surface area contributed by atoms with Crippen molar-refractivity contribution in [3.05, 3.63) is 65.5 Å². The molecule has 2 aromatic carbocycles. The molecule has 0 aromatic heterocycles. The zero-order chi connectivity index (χ0) is 14.5. The smallest absolute Gasteiger partial charge is 0.258 e. The number of halogens is 1. The predicted molar refractivity (Wildman–Crippen MR) is 78.3 cm³/mol. The molecule has 1 amide bonds.